The van der Waals surface area contributed by atoms with Gasteiger partial charge in [0, 0.05) is 19.7 Å². The summed E-state index contributed by atoms with van der Waals surface area (Å²) in [5.41, 5.74) is 2.62. The molecule has 27 heavy (non-hydrogen) atoms. The van der Waals surface area contributed by atoms with E-state index in [0.29, 0.717) is 36.8 Å². The van der Waals surface area contributed by atoms with Gasteiger partial charge in [-0.2, -0.15) is 0 Å². The summed E-state index contributed by atoms with van der Waals surface area (Å²) >= 11 is 0. The van der Waals surface area contributed by atoms with Crippen LogP contribution in [0.3, 0.4) is 0 Å². The van der Waals surface area contributed by atoms with Crippen LogP contribution >= 0.6 is 0 Å². The van der Waals surface area contributed by atoms with Crippen molar-refractivity contribution in [2.75, 3.05) is 27.4 Å². The second-order valence-corrected chi connectivity index (χ2v) is 6.91. The van der Waals surface area contributed by atoms with Gasteiger partial charge in [-0.05, 0) is 42.5 Å². The molecule has 8 nitrogen and oxygen atoms in total. The predicted octanol–water partition coefficient (Wildman–Crippen LogP) is 1.67. The van der Waals surface area contributed by atoms with E-state index < -0.39 is 0 Å². The number of benzene rings is 1. The number of rotatable bonds is 5. The zero-order chi connectivity index (χ0) is 18.8. The maximum absolute atomic E-state index is 12.9. The summed E-state index contributed by atoms with van der Waals surface area (Å²) in [6.45, 7) is 2.60. The second-order valence-electron chi connectivity index (χ2n) is 6.91. The van der Waals surface area contributed by atoms with Gasteiger partial charge >= 0.3 is 0 Å². The summed E-state index contributed by atoms with van der Waals surface area (Å²) in [5.74, 6) is 1.29. The standard InChI is InChI=1S/C19H24N4O4/c1-25-17-8-13-5-6-22(10-14(13)9-18(17)26-2)19(24)16-12-23(21-20-16)11-15-4-3-7-27-15/h8-9,12,15H,3-7,10-11H2,1-2H3. The Bertz CT molecular complexity index is 829. The Balaban J connectivity index is 1.47. The number of methoxy groups -OCH3 is 2. The molecule has 1 aromatic heterocycles. The van der Waals surface area contributed by atoms with E-state index in [9.17, 15) is 4.79 Å². The quantitative estimate of drug-likeness (QED) is 0.795. The zero-order valence-corrected chi connectivity index (χ0v) is 15.7. The Morgan fingerprint density at radius 3 is 2.74 bits per heavy atom. The topological polar surface area (TPSA) is 78.7 Å². The van der Waals surface area contributed by atoms with E-state index in [0.717, 1.165) is 31.4 Å². The normalized spacial score (nSPS) is 19.0. The Kier molecular flexibility index (Phi) is 4.98. The summed E-state index contributed by atoms with van der Waals surface area (Å²) in [4.78, 5) is 14.7. The summed E-state index contributed by atoms with van der Waals surface area (Å²) in [6.07, 6.45) is 4.75. The molecule has 1 atom stereocenters. The smallest absolute Gasteiger partial charge is 0.276 e. The van der Waals surface area contributed by atoms with Gasteiger partial charge in [0.1, 0.15) is 0 Å². The van der Waals surface area contributed by atoms with Crippen molar-refractivity contribution in [3.05, 3.63) is 35.2 Å². The SMILES string of the molecule is COc1cc2c(cc1OC)CN(C(=O)c1cn(CC3CCCO3)nn1)CC2. The van der Waals surface area contributed by atoms with Crippen LogP contribution in [0.5, 0.6) is 11.5 Å². The van der Waals surface area contributed by atoms with Gasteiger partial charge in [0.15, 0.2) is 17.2 Å². The number of fused-ring (bicyclic) bond motifs is 1. The lowest BCUT2D eigenvalue weighted by Crippen LogP contribution is -2.36. The number of nitrogens with zero attached hydrogens (tertiary/aromatic N) is 4. The van der Waals surface area contributed by atoms with E-state index in [-0.39, 0.29) is 12.0 Å². The monoisotopic (exact) mass is 372 g/mol. The minimum Gasteiger partial charge on any atom is -0.493 e. The third kappa shape index (κ3) is 3.62. The Labute approximate surface area is 158 Å². The van der Waals surface area contributed by atoms with Crippen LogP contribution in [0, 0.1) is 0 Å². The minimum atomic E-state index is -0.103. The predicted molar refractivity (Wildman–Crippen MR) is 97.0 cm³/mol. The molecular formula is C19H24N4O4. The molecule has 0 radical (unpaired) electrons. The highest BCUT2D eigenvalue weighted by molar-refractivity contribution is 5.92. The maximum atomic E-state index is 12.9. The van der Waals surface area contributed by atoms with Crippen molar-refractivity contribution in [2.24, 2.45) is 0 Å². The molecule has 1 unspecified atom stereocenters. The van der Waals surface area contributed by atoms with Crippen LogP contribution in [0.4, 0.5) is 0 Å². The van der Waals surface area contributed by atoms with Crippen molar-refractivity contribution < 1.29 is 19.0 Å². The van der Waals surface area contributed by atoms with Crippen LogP contribution in [0.25, 0.3) is 0 Å². The molecule has 0 spiro atoms. The lowest BCUT2D eigenvalue weighted by Gasteiger charge is -2.29. The largest absolute Gasteiger partial charge is 0.493 e. The lowest BCUT2D eigenvalue weighted by atomic mass is 9.98. The molecule has 1 fully saturated rings. The molecular weight excluding hydrogens is 348 g/mol. The van der Waals surface area contributed by atoms with Crippen LogP contribution < -0.4 is 9.47 Å². The molecule has 0 saturated carbocycles. The highest BCUT2D eigenvalue weighted by Gasteiger charge is 2.26. The molecule has 4 rings (SSSR count). The summed E-state index contributed by atoms with van der Waals surface area (Å²) in [6, 6.07) is 3.94. The van der Waals surface area contributed by atoms with Gasteiger partial charge in [-0.1, -0.05) is 5.21 Å². The van der Waals surface area contributed by atoms with Crippen molar-refractivity contribution >= 4 is 5.91 Å². The van der Waals surface area contributed by atoms with E-state index in [4.69, 9.17) is 14.2 Å². The molecule has 144 valence electrons. The van der Waals surface area contributed by atoms with E-state index in [1.54, 1.807) is 30.0 Å². The van der Waals surface area contributed by atoms with Crippen molar-refractivity contribution in [1.82, 2.24) is 19.9 Å². The number of hydrogen-bond acceptors (Lipinski definition) is 6. The Morgan fingerprint density at radius 1 is 1.26 bits per heavy atom. The molecule has 1 aromatic carbocycles. The van der Waals surface area contributed by atoms with Gasteiger partial charge in [-0.25, -0.2) is 4.68 Å². The molecule has 1 saturated heterocycles. The maximum Gasteiger partial charge on any atom is 0.276 e. The number of ether oxygens (including phenoxy) is 3. The van der Waals surface area contributed by atoms with E-state index >= 15 is 0 Å². The molecule has 3 heterocycles. The molecule has 0 aliphatic carbocycles. The molecule has 2 aromatic rings. The molecule has 2 aliphatic heterocycles. The van der Waals surface area contributed by atoms with Gasteiger partial charge in [0.25, 0.3) is 5.91 Å². The lowest BCUT2D eigenvalue weighted by molar-refractivity contribution is 0.0728. The first-order chi connectivity index (χ1) is 13.2. The van der Waals surface area contributed by atoms with Gasteiger partial charge < -0.3 is 19.1 Å². The van der Waals surface area contributed by atoms with Crippen molar-refractivity contribution in [1.29, 1.82) is 0 Å². The third-order valence-electron chi connectivity index (χ3n) is 5.18. The van der Waals surface area contributed by atoms with Crippen molar-refractivity contribution in [3.63, 3.8) is 0 Å². The van der Waals surface area contributed by atoms with Crippen LogP contribution in [-0.2, 0) is 24.2 Å². The Hall–Kier alpha value is -2.61. The molecule has 1 amide bonds. The second kappa shape index (κ2) is 7.56. The fraction of sp³-hybridized carbons (Fsp3) is 0.526. The average Bonchev–Trinajstić information content (AvgIpc) is 3.38. The number of aromatic nitrogens is 3. The van der Waals surface area contributed by atoms with Gasteiger partial charge in [0.05, 0.1) is 33.1 Å². The first-order valence-corrected chi connectivity index (χ1v) is 9.22. The number of amides is 1. The van der Waals surface area contributed by atoms with Crippen LogP contribution in [0.2, 0.25) is 0 Å². The summed E-state index contributed by atoms with van der Waals surface area (Å²) in [5, 5.41) is 8.16. The van der Waals surface area contributed by atoms with Crippen molar-refractivity contribution in [3.8, 4) is 11.5 Å². The zero-order valence-electron chi connectivity index (χ0n) is 15.7. The van der Waals surface area contributed by atoms with Gasteiger partial charge in [-0.15, -0.1) is 5.10 Å². The average molecular weight is 372 g/mol. The molecule has 8 heteroatoms. The fourth-order valence-corrected chi connectivity index (χ4v) is 3.70. The van der Waals surface area contributed by atoms with Crippen LogP contribution in [0.15, 0.2) is 18.3 Å². The van der Waals surface area contributed by atoms with Gasteiger partial charge in [0.2, 0.25) is 0 Å². The first kappa shape index (κ1) is 17.8. The molecule has 2 aliphatic rings. The third-order valence-corrected chi connectivity index (χ3v) is 5.18. The molecule has 0 N–H and O–H groups in total. The van der Waals surface area contributed by atoms with Crippen molar-refractivity contribution in [2.45, 2.75) is 38.5 Å². The Morgan fingerprint density at radius 2 is 2.04 bits per heavy atom. The molecule has 0 bridgehead atoms. The van der Waals surface area contributed by atoms with Crippen LogP contribution in [0.1, 0.15) is 34.5 Å². The fourth-order valence-electron chi connectivity index (χ4n) is 3.70. The first-order valence-electron chi connectivity index (χ1n) is 9.22. The number of hydrogen-bond donors (Lipinski definition) is 0. The summed E-state index contributed by atoms with van der Waals surface area (Å²) in [7, 11) is 3.24. The number of carbonyl (C=O) groups excluding carboxylic acids is 1. The van der Waals surface area contributed by atoms with Crippen LogP contribution in [-0.4, -0.2) is 59.3 Å². The summed E-state index contributed by atoms with van der Waals surface area (Å²) < 4.78 is 18.1. The van der Waals surface area contributed by atoms with E-state index in [1.807, 2.05) is 12.1 Å². The highest BCUT2D eigenvalue weighted by Crippen LogP contribution is 2.33. The highest BCUT2D eigenvalue weighted by atomic mass is 16.5. The van der Waals surface area contributed by atoms with E-state index in [1.165, 1.54) is 5.56 Å². The van der Waals surface area contributed by atoms with Gasteiger partial charge in [-0.3, -0.25) is 4.79 Å². The van der Waals surface area contributed by atoms with E-state index in [2.05, 4.69) is 10.3 Å². The minimum absolute atomic E-state index is 0.103. The number of carbonyl (C=O) groups is 1.